The lowest BCUT2D eigenvalue weighted by Crippen LogP contribution is -2.42. The van der Waals surface area contributed by atoms with Crippen LogP contribution in [0.1, 0.15) is 36.3 Å². The molecule has 0 radical (unpaired) electrons. The summed E-state index contributed by atoms with van der Waals surface area (Å²) in [5.74, 6) is 0.509. The topological polar surface area (TPSA) is 61.0 Å². The Kier molecular flexibility index (Phi) is 5.34. The molecule has 5 heteroatoms. The molecule has 0 aromatic carbocycles. The van der Waals surface area contributed by atoms with E-state index in [9.17, 15) is 4.79 Å². The molecule has 1 aromatic rings. The van der Waals surface area contributed by atoms with Crippen LogP contribution in [0.4, 0.5) is 0 Å². The first-order chi connectivity index (χ1) is 8.40. The highest BCUT2D eigenvalue weighted by Gasteiger charge is 2.17. The first-order valence-electron chi connectivity index (χ1n) is 6.35. The molecule has 0 saturated carbocycles. The fourth-order valence-electron chi connectivity index (χ4n) is 2.03. The molecular formula is C13H24N4O. The van der Waals surface area contributed by atoms with E-state index in [0.29, 0.717) is 11.5 Å². The van der Waals surface area contributed by atoms with E-state index < -0.39 is 0 Å². The maximum atomic E-state index is 12.1. The Morgan fingerprint density at radius 3 is 2.61 bits per heavy atom. The van der Waals surface area contributed by atoms with Gasteiger partial charge in [0, 0.05) is 18.3 Å². The minimum Gasteiger partial charge on any atom is -0.348 e. The van der Waals surface area contributed by atoms with Crippen molar-refractivity contribution in [3.05, 3.63) is 17.5 Å². The van der Waals surface area contributed by atoms with Crippen LogP contribution in [0.2, 0.25) is 0 Å². The fraction of sp³-hybridized carbons (Fsp3) is 0.692. The van der Waals surface area contributed by atoms with E-state index in [4.69, 9.17) is 0 Å². The van der Waals surface area contributed by atoms with Crippen LogP contribution in [-0.4, -0.2) is 47.7 Å². The zero-order valence-corrected chi connectivity index (χ0v) is 11.9. The number of aromatic amines is 1. The van der Waals surface area contributed by atoms with Crippen molar-refractivity contribution in [3.63, 3.8) is 0 Å². The number of H-pyrrole nitrogens is 1. The van der Waals surface area contributed by atoms with Gasteiger partial charge in [-0.25, -0.2) is 0 Å². The van der Waals surface area contributed by atoms with Crippen molar-refractivity contribution in [2.45, 2.75) is 33.2 Å². The minimum absolute atomic E-state index is 0.0475. The molecule has 1 unspecified atom stereocenters. The minimum atomic E-state index is -0.0475. The van der Waals surface area contributed by atoms with Crippen LogP contribution >= 0.6 is 0 Å². The van der Waals surface area contributed by atoms with Gasteiger partial charge in [0.25, 0.3) is 5.91 Å². The normalized spacial score (nSPS) is 13.1. The third kappa shape index (κ3) is 4.49. The van der Waals surface area contributed by atoms with Crippen molar-refractivity contribution >= 4 is 5.91 Å². The van der Waals surface area contributed by atoms with Gasteiger partial charge in [-0.15, -0.1) is 0 Å². The number of aromatic nitrogens is 2. The van der Waals surface area contributed by atoms with E-state index in [-0.39, 0.29) is 11.9 Å². The van der Waals surface area contributed by atoms with Crippen LogP contribution in [0.5, 0.6) is 0 Å². The number of nitrogens with zero attached hydrogens (tertiary/aromatic N) is 2. The van der Waals surface area contributed by atoms with Crippen LogP contribution in [0.25, 0.3) is 0 Å². The maximum Gasteiger partial charge on any atom is 0.254 e. The van der Waals surface area contributed by atoms with Gasteiger partial charge in [0.2, 0.25) is 0 Å². The highest BCUT2D eigenvalue weighted by molar-refractivity contribution is 5.95. The molecular weight excluding hydrogens is 228 g/mol. The van der Waals surface area contributed by atoms with E-state index in [0.717, 1.165) is 18.7 Å². The van der Waals surface area contributed by atoms with Crippen LogP contribution < -0.4 is 5.32 Å². The maximum absolute atomic E-state index is 12.1. The third-order valence-corrected chi connectivity index (χ3v) is 2.75. The van der Waals surface area contributed by atoms with Crippen molar-refractivity contribution in [2.24, 2.45) is 5.92 Å². The molecule has 1 atom stereocenters. The largest absolute Gasteiger partial charge is 0.348 e. The Morgan fingerprint density at radius 1 is 1.50 bits per heavy atom. The molecule has 1 aromatic heterocycles. The molecule has 18 heavy (non-hydrogen) atoms. The molecule has 5 nitrogen and oxygen atoms in total. The van der Waals surface area contributed by atoms with Gasteiger partial charge in [0.15, 0.2) is 0 Å². The van der Waals surface area contributed by atoms with E-state index in [1.165, 1.54) is 0 Å². The summed E-state index contributed by atoms with van der Waals surface area (Å²) in [7, 11) is 4.03. The Bertz CT molecular complexity index is 374. The Morgan fingerprint density at radius 2 is 2.17 bits per heavy atom. The van der Waals surface area contributed by atoms with Crippen LogP contribution in [0, 0.1) is 12.8 Å². The van der Waals surface area contributed by atoms with Gasteiger partial charge in [-0.2, -0.15) is 5.10 Å². The average Bonchev–Trinajstić information content (AvgIpc) is 2.61. The molecule has 102 valence electrons. The average molecular weight is 252 g/mol. The van der Waals surface area contributed by atoms with E-state index >= 15 is 0 Å². The molecule has 0 bridgehead atoms. The van der Waals surface area contributed by atoms with Crippen molar-refractivity contribution in [1.29, 1.82) is 0 Å². The number of aryl methyl sites for hydroxylation is 1. The lowest BCUT2D eigenvalue weighted by Gasteiger charge is -2.23. The number of carbonyl (C=O) groups excluding carboxylic acids is 1. The van der Waals surface area contributed by atoms with Gasteiger partial charge in [0.1, 0.15) is 0 Å². The molecule has 0 spiro atoms. The van der Waals surface area contributed by atoms with Crippen molar-refractivity contribution in [3.8, 4) is 0 Å². The summed E-state index contributed by atoms with van der Waals surface area (Å²) in [6.07, 6.45) is 2.55. The number of rotatable bonds is 6. The first-order valence-corrected chi connectivity index (χ1v) is 6.35. The van der Waals surface area contributed by atoms with Crippen LogP contribution in [-0.2, 0) is 0 Å². The summed E-state index contributed by atoms with van der Waals surface area (Å²) in [4.78, 5) is 14.2. The summed E-state index contributed by atoms with van der Waals surface area (Å²) in [5.41, 5.74) is 1.43. The first kappa shape index (κ1) is 14.7. The predicted molar refractivity (Wildman–Crippen MR) is 72.6 cm³/mol. The molecule has 0 aliphatic carbocycles. The standard InChI is InChI=1S/C13H24N4O/c1-9(2)6-11(8-17(4)5)15-13(18)12-7-14-16-10(12)3/h7,9,11H,6,8H2,1-5H3,(H,14,16)(H,15,18). The van der Waals surface area contributed by atoms with Crippen molar-refractivity contribution in [2.75, 3.05) is 20.6 Å². The predicted octanol–water partition coefficient (Wildman–Crippen LogP) is 1.42. The Hall–Kier alpha value is -1.36. The summed E-state index contributed by atoms with van der Waals surface area (Å²) in [6.45, 7) is 7.03. The molecule has 1 heterocycles. The summed E-state index contributed by atoms with van der Waals surface area (Å²) >= 11 is 0. The number of hydrogen-bond acceptors (Lipinski definition) is 3. The lowest BCUT2D eigenvalue weighted by molar-refractivity contribution is 0.0924. The summed E-state index contributed by atoms with van der Waals surface area (Å²) < 4.78 is 0. The third-order valence-electron chi connectivity index (χ3n) is 2.75. The Balaban J connectivity index is 2.65. The molecule has 1 amide bonds. The lowest BCUT2D eigenvalue weighted by atomic mass is 10.0. The van der Waals surface area contributed by atoms with Crippen molar-refractivity contribution < 1.29 is 4.79 Å². The van der Waals surface area contributed by atoms with Crippen LogP contribution in [0.3, 0.4) is 0 Å². The molecule has 1 rings (SSSR count). The number of hydrogen-bond donors (Lipinski definition) is 2. The highest BCUT2D eigenvalue weighted by atomic mass is 16.1. The fourth-order valence-corrected chi connectivity index (χ4v) is 2.03. The Labute approximate surface area is 109 Å². The number of carbonyl (C=O) groups is 1. The van der Waals surface area contributed by atoms with Crippen LogP contribution in [0.15, 0.2) is 6.20 Å². The summed E-state index contributed by atoms with van der Waals surface area (Å²) in [6, 6.07) is 0.168. The monoisotopic (exact) mass is 252 g/mol. The van der Waals surface area contributed by atoms with E-state index in [2.05, 4.69) is 34.3 Å². The van der Waals surface area contributed by atoms with Gasteiger partial charge in [0.05, 0.1) is 11.8 Å². The second-order valence-electron chi connectivity index (χ2n) is 5.47. The van der Waals surface area contributed by atoms with Gasteiger partial charge >= 0.3 is 0 Å². The van der Waals surface area contributed by atoms with E-state index in [1.807, 2.05) is 21.0 Å². The quantitative estimate of drug-likeness (QED) is 0.805. The van der Waals surface area contributed by atoms with Gasteiger partial charge in [-0.05, 0) is 33.4 Å². The number of nitrogens with one attached hydrogen (secondary N) is 2. The zero-order chi connectivity index (χ0) is 13.7. The van der Waals surface area contributed by atoms with Gasteiger partial charge < -0.3 is 10.2 Å². The summed E-state index contributed by atoms with van der Waals surface area (Å²) in [5, 5.41) is 9.74. The number of amides is 1. The second kappa shape index (κ2) is 6.54. The molecule has 0 aliphatic heterocycles. The van der Waals surface area contributed by atoms with E-state index in [1.54, 1.807) is 6.20 Å². The molecule has 2 N–H and O–H groups in total. The SMILES string of the molecule is Cc1[nH]ncc1C(=O)NC(CC(C)C)CN(C)C. The smallest absolute Gasteiger partial charge is 0.254 e. The number of likely N-dealkylation sites (N-methyl/N-ethyl adjacent to an activating group) is 1. The van der Waals surface area contributed by atoms with Gasteiger partial charge in [-0.1, -0.05) is 13.8 Å². The molecule has 0 aliphatic rings. The van der Waals surface area contributed by atoms with Crippen molar-refractivity contribution in [1.82, 2.24) is 20.4 Å². The second-order valence-corrected chi connectivity index (χ2v) is 5.47. The van der Waals surface area contributed by atoms with Gasteiger partial charge in [-0.3, -0.25) is 9.89 Å². The molecule has 0 saturated heterocycles. The highest BCUT2D eigenvalue weighted by Crippen LogP contribution is 2.08. The molecule has 0 fully saturated rings. The zero-order valence-electron chi connectivity index (χ0n) is 11.9.